The summed E-state index contributed by atoms with van der Waals surface area (Å²) in [5.74, 6) is 0. The Bertz CT molecular complexity index is 435. The van der Waals surface area contributed by atoms with Gasteiger partial charge in [0.2, 0.25) is 0 Å². The Morgan fingerprint density at radius 3 is 2.69 bits per heavy atom. The molecule has 0 saturated carbocycles. The molecule has 1 unspecified atom stereocenters. The average molecular weight is 216 g/mol. The van der Waals surface area contributed by atoms with E-state index in [0.717, 1.165) is 24.2 Å². The molecule has 2 rings (SSSR count). The van der Waals surface area contributed by atoms with E-state index in [4.69, 9.17) is 5.73 Å². The van der Waals surface area contributed by atoms with Gasteiger partial charge < -0.3 is 5.73 Å². The van der Waals surface area contributed by atoms with E-state index in [1.807, 2.05) is 22.9 Å². The van der Waals surface area contributed by atoms with Crippen LogP contribution in [0.4, 0.5) is 0 Å². The van der Waals surface area contributed by atoms with Crippen molar-refractivity contribution in [2.75, 3.05) is 0 Å². The van der Waals surface area contributed by atoms with Crippen molar-refractivity contribution >= 4 is 0 Å². The second-order valence-electron chi connectivity index (χ2n) is 3.74. The van der Waals surface area contributed by atoms with Crippen molar-refractivity contribution in [3.63, 3.8) is 0 Å². The first-order chi connectivity index (χ1) is 7.83. The van der Waals surface area contributed by atoms with Crippen molar-refractivity contribution in [3.8, 4) is 0 Å². The van der Waals surface area contributed by atoms with Gasteiger partial charge in [0.1, 0.15) is 0 Å². The van der Waals surface area contributed by atoms with Gasteiger partial charge in [-0.25, -0.2) is 0 Å². The number of hydrogen-bond donors (Lipinski definition) is 1. The van der Waals surface area contributed by atoms with Crippen molar-refractivity contribution < 1.29 is 0 Å². The van der Waals surface area contributed by atoms with E-state index in [1.165, 1.54) is 0 Å². The number of pyridine rings is 1. The van der Waals surface area contributed by atoms with E-state index in [1.54, 1.807) is 18.6 Å². The van der Waals surface area contributed by atoms with Gasteiger partial charge in [-0.2, -0.15) is 5.10 Å². The molecule has 2 aromatic rings. The average Bonchev–Trinajstić information content (AvgIpc) is 2.78. The van der Waals surface area contributed by atoms with E-state index in [2.05, 4.69) is 17.0 Å². The Balaban J connectivity index is 2.27. The summed E-state index contributed by atoms with van der Waals surface area (Å²) in [7, 11) is 0. The molecule has 0 saturated heterocycles. The fraction of sp³-hybridized carbons (Fsp3) is 0.333. The molecule has 0 aromatic carbocycles. The summed E-state index contributed by atoms with van der Waals surface area (Å²) in [6.45, 7) is 3.03. The van der Waals surface area contributed by atoms with Crippen LogP contribution in [-0.2, 0) is 6.54 Å². The van der Waals surface area contributed by atoms with Gasteiger partial charge in [0.15, 0.2) is 0 Å². The van der Waals surface area contributed by atoms with Gasteiger partial charge in [-0.3, -0.25) is 9.67 Å². The van der Waals surface area contributed by atoms with Gasteiger partial charge in [0.25, 0.3) is 0 Å². The molecule has 2 heterocycles. The molecular formula is C12H16N4. The Morgan fingerprint density at radius 1 is 1.25 bits per heavy atom. The quantitative estimate of drug-likeness (QED) is 0.846. The minimum atomic E-state index is -0.128. The fourth-order valence-electron chi connectivity index (χ4n) is 1.75. The van der Waals surface area contributed by atoms with Crippen LogP contribution in [0.5, 0.6) is 0 Å². The molecule has 16 heavy (non-hydrogen) atoms. The van der Waals surface area contributed by atoms with Crippen molar-refractivity contribution in [1.29, 1.82) is 0 Å². The zero-order valence-corrected chi connectivity index (χ0v) is 9.37. The third-order valence-electron chi connectivity index (χ3n) is 2.57. The molecule has 0 spiro atoms. The second kappa shape index (κ2) is 4.90. The normalized spacial score (nSPS) is 12.6. The maximum absolute atomic E-state index is 6.20. The molecule has 4 nitrogen and oxygen atoms in total. The highest BCUT2D eigenvalue weighted by Crippen LogP contribution is 2.18. The molecule has 0 amide bonds. The van der Waals surface area contributed by atoms with Crippen LogP contribution < -0.4 is 5.73 Å². The smallest absolute Gasteiger partial charge is 0.0724 e. The van der Waals surface area contributed by atoms with Crippen LogP contribution in [-0.4, -0.2) is 14.8 Å². The van der Waals surface area contributed by atoms with Gasteiger partial charge in [-0.1, -0.05) is 6.92 Å². The van der Waals surface area contributed by atoms with Crippen LogP contribution in [0.25, 0.3) is 0 Å². The number of hydrogen-bond acceptors (Lipinski definition) is 3. The minimum absolute atomic E-state index is 0.128. The van der Waals surface area contributed by atoms with Gasteiger partial charge in [0.05, 0.1) is 11.7 Å². The number of rotatable bonds is 4. The first-order valence-corrected chi connectivity index (χ1v) is 5.50. The Hall–Kier alpha value is -1.68. The van der Waals surface area contributed by atoms with Crippen molar-refractivity contribution in [2.24, 2.45) is 5.73 Å². The van der Waals surface area contributed by atoms with E-state index >= 15 is 0 Å². The van der Waals surface area contributed by atoms with E-state index < -0.39 is 0 Å². The first kappa shape index (κ1) is 10.8. The van der Waals surface area contributed by atoms with Crippen LogP contribution >= 0.6 is 0 Å². The molecular weight excluding hydrogens is 200 g/mol. The summed E-state index contributed by atoms with van der Waals surface area (Å²) in [5.41, 5.74) is 8.32. The van der Waals surface area contributed by atoms with Crippen LogP contribution in [0.15, 0.2) is 36.8 Å². The van der Waals surface area contributed by atoms with E-state index in [9.17, 15) is 0 Å². The second-order valence-corrected chi connectivity index (χ2v) is 3.74. The lowest BCUT2D eigenvalue weighted by Crippen LogP contribution is -2.17. The Morgan fingerprint density at radius 2 is 2.00 bits per heavy atom. The van der Waals surface area contributed by atoms with Crippen LogP contribution in [0.2, 0.25) is 0 Å². The summed E-state index contributed by atoms with van der Waals surface area (Å²) in [6.07, 6.45) is 6.37. The van der Waals surface area contributed by atoms with Gasteiger partial charge in [-0.15, -0.1) is 0 Å². The highest BCUT2D eigenvalue weighted by Gasteiger charge is 2.12. The zero-order chi connectivity index (χ0) is 11.4. The van der Waals surface area contributed by atoms with E-state index in [0.29, 0.717) is 0 Å². The summed E-state index contributed by atoms with van der Waals surface area (Å²) in [4.78, 5) is 3.99. The lowest BCUT2D eigenvalue weighted by molar-refractivity contribution is 0.559. The van der Waals surface area contributed by atoms with Crippen molar-refractivity contribution in [2.45, 2.75) is 25.9 Å². The molecule has 0 radical (unpaired) electrons. The SMILES string of the molecule is CCCn1nccc1C(N)c1ccncc1. The Labute approximate surface area is 95.1 Å². The lowest BCUT2D eigenvalue weighted by Gasteiger charge is -2.13. The van der Waals surface area contributed by atoms with Gasteiger partial charge >= 0.3 is 0 Å². The fourth-order valence-corrected chi connectivity index (χ4v) is 1.75. The number of aromatic nitrogens is 3. The van der Waals surface area contributed by atoms with E-state index in [-0.39, 0.29) is 6.04 Å². The maximum atomic E-state index is 6.20. The summed E-state index contributed by atoms with van der Waals surface area (Å²) >= 11 is 0. The Kier molecular flexibility index (Phi) is 3.31. The minimum Gasteiger partial charge on any atom is -0.319 e. The molecule has 4 heteroatoms. The predicted octanol–water partition coefficient (Wildman–Crippen LogP) is 1.74. The molecule has 0 aliphatic heterocycles. The highest BCUT2D eigenvalue weighted by molar-refractivity contribution is 5.24. The number of aryl methyl sites for hydroxylation is 1. The molecule has 2 N–H and O–H groups in total. The molecule has 84 valence electrons. The molecule has 0 fully saturated rings. The third-order valence-corrected chi connectivity index (χ3v) is 2.57. The van der Waals surface area contributed by atoms with Crippen molar-refractivity contribution in [1.82, 2.24) is 14.8 Å². The monoisotopic (exact) mass is 216 g/mol. The zero-order valence-electron chi connectivity index (χ0n) is 9.37. The van der Waals surface area contributed by atoms with Crippen LogP contribution in [0.1, 0.15) is 30.6 Å². The number of nitrogens with two attached hydrogens (primary N) is 1. The highest BCUT2D eigenvalue weighted by atomic mass is 15.3. The summed E-state index contributed by atoms with van der Waals surface area (Å²) in [5, 5.41) is 4.27. The van der Waals surface area contributed by atoms with Crippen LogP contribution in [0.3, 0.4) is 0 Å². The molecule has 2 aromatic heterocycles. The topological polar surface area (TPSA) is 56.7 Å². The molecule has 0 aliphatic rings. The van der Waals surface area contributed by atoms with Crippen LogP contribution in [0, 0.1) is 0 Å². The largest absolute Gasteiger partial charge is 0.319 e. The predicted molar refractivity (Wildman–Crippen MR) is 62.8 cm³/mol. The standard InChI is InChI=1S/C12H16N4/c1-2-9-16-11(5-8-15-16)12(13)10-3-6-14-7-4-10/h3-8,12H,2,9,13H2,1H3. The first-order valence-electron chi connectivity index (χ1n) is 5.50. The summed E-state index contributed by atoms with van der Waals surface area (Å²) in [6, 6.07) is 5.72. The molecule has 1 atom stereocenters. The van der Waals surface area contributed by atoms with Gasteiger partial charge in [0, 0.05) is 25.1 Å². The van der Waals surface area contributed by atoms with Gasteiger partial charge in [-0.05, 0) is 30.2 Å². The third kappa shape index (κ3) is 2.12. The maximum Gasteiger partial charge on any atom is 0.0724 e. The number of nitrogens with zero attached hydrogens (tertiary/aromatic N) is 3. The molecule has 0 bridgehead atoms. The summed E-state index contributed by atoms with van der Waals surface area (Å²) < 4.78 is 1.96. The van der Waals surface area contributed by atoms with Crippen molar-refractivity contribution in [3.05, 3.63) is 48.0 Å². The lowest BCUT2D eigenvalue weighted by atomic mass is 10.1. The molecule has 0 aliphatic carbocycles.